The number of benzene rings is 2. The number of aromatic nitrogens is 2. The van der Waals surface area contributed by atoms with Crippen molar-refractivity contribution >= 4 is 51.9 Å². The first kappa shape index (κ1) is 22.3. The first-order chi connectivity index (χ1) is 16.0. The maximum absolute atomic E-state index is 13.3. The Balaban J connectivity index is 1.51. The molecule has 2 fully saturated rings. The zero-order valence-electron chi connectivity index (χ0n) is 18.0. The summed E-state index contributed by atoms with van der Waals surface area (Å²) in [7, 11) is 2.09. The smallest absolute Gasteiger partial charge is 0.280 e. The predicted molar refractivity (Wildman–Crippen MR) is 138 cm³/mol. The van der Waals surface area contributed by atoms with E-state index in [2.05, 4.69) is 11.9 Å². The Bertz CT molecular complexity index is 1220. The maximum Gasteiger partial charge on any atom is 0.280 e. The summed E-state index contributed by atoms with van der Waals surface area (Å²) in [5.41, 5.74) is 3.49. The van der Waals surface area contributed by atoms with E-state index in [-0.39, 0.29) is 5.91 Å². The Kier molecular flexibility index (Phi) is 6.36. The van der Waals surface area contributed by atoms with Gasteiger partial charge >= 0.3 is 0 Å². The Hall–Kier alpha value is -2.49. The molecule has 168 valence electrons. The van der Waals surface area contributed by atoms with Crippen molar-refractivity contribution < 1.29 is 4.79 Å². The van der Waals surface area contributed by atoms with Crippen LogP contribution in [0.4, 0.5) is 0 Å². The number of carbonyl (C=O) groups is 1. The third-order valence-corrected chi connectivity index (χ3v) is 7.24. The van der Waals surface area contributed by atoms with E-state index in [1.54, 1.807) is 5.01 Å². The van der Waals surface area contributed by atoms with E-state index >= 15 is 0 Å². The fourth-order valence-electron chi connectivity index (χ4n) is 3.88. The molecule has 3 heterocycles. The average molecular weight is 496 g/mol. The van der Waals surface area contributed by atoms with Crippen LogP contribution in [0, 0.1) is 0 Å². The zero-order valence-corrected chi connectivity index (χ0v) is 20.4. The normalized spacial score (nSPS) is 19.1. The summed E-state index contributed by atoms with van der Waals surface area (Å²) < 4.78 is 2.40. The minimum atomic E-state index is -0.0796. The molecule has 0 atom stereocenters. The average Bonchev–Trinajstić information content (AvgIpc) is 3.36. The molecule has 2 saturated heterocycles. The Morgan fingerprint density at radius 2 is 1.73 bits per heavy atom. The summed E-state index contributed by atoms with van der Waals surface area (Å²) in [5, 5.41) is 9.20. The second-order valence-corrected chi connectivity index (χ2v) is 10.1. The number of carbonyl (C=O) groups excluding carboxylic acids is 1. The van der Waals surface area contributed by atoms with Crippen LogP contribution < -0.4 is 0 Å². The quantitative estimate of drug-likeness (QED) is 0.390. The Labute approximate surface area is 207 Å². The molecule has 6 nitrogen and oxygen atoms in total. The summed E-state index contributed by atoms with van der Waals surface area (Å²) in [6, 6.07) is 17.5. The van der Waals surface area contributed by atoms with Gasteiger partial charge in [0.05, 0.1) is 16.3 Å². The van der Waals surface area contributed by atoms with Gasteiger partial charge in [-0.25, -0.2) is 14.7 Å². The lowest BCUT2D eigenvalue weighted by molar-refractivity contribution is -0.135. The van der Waals surface area contributed by atoms with Gasteiger partial charge < -0.3 is 4.90 Å². The van der Waals surface area contributed by atoms with Crippen LogP contribution in [-0.4, -0.2) is 68.2 Å². The molecule has 2 aliphatic heterocycles. The zero-order chi connectivity index (χ0) is 22.9. The summed E-state index contributed by atoms with van der Waals surface area (Å²) in [6.07, 6.45) is 3.84. The lowest BCUT2D eigenvalue weighted by Crippen LogP contribution is -2.54. The highest BCUT2D eigenvalue weighted by Gasteiger charge is 2.37. The fraction of sp³-hybridized carbons (Fsp3) is 0.208. The van der Waals surface area contributed by atoms with Crippen LogP contribution in [-0.2, 0) is 4.79 Å². The molecule has 33 heavy (non-hydrogen) atoms. The highest BCUT2D eigenvalue weighted by atomic mass is 35.5. The predicted octanol–water partition coefficient (Wildman–Crippen LogP) is 4.56. The molecule has 1 aromatic heterocycles. The number of thiocarbonyl (C=S) groups is 1. The first-order valence-electron chi connectivity index (χ1n) is 10.6. The van der Waals surface area contributed by atoms with Gasteiger partial charge in [0, 0.05) is 48.5 Å². The number of nitrogens with zero attached hydrogens (tertiary/aromatic N) is 5. The maximum atomic E-state index is 13.3. The third kappa shape index (κ3) is 4.62. The van der Waals surface area contributed by atoms with Gasteiger partial charge in [-0.05, 0) is 37.4 Å². The lowest BCUT2D eigenvalue weighted by Gasteiger charge is -2.37. The number of piperazine rings is 1. The minimum Gasteiger partial charge on any atom is -0.304 e. The third-order valence-electron chi connectivity index (χ3n) is 5.70. The number of thioether (sulfide) groups is 1. The van der Waals surface area contributed by atoms with Crippen molar-refractivity contribution in [2.45, 2.75) is 0 Å². The van der Waals surface area contributed by atoms with Gasteiger partial charge in [0.15, 0.2) is 4.32 Å². The highest BCUT2D eigenvalue weighted by molar-refractivity contribution is 8.26. The van der Waals surface area contributed by atoms with Crippen molar-refractivity contribution in [3.05, 3.63) is 76.3 Å². The molecule has 0 radical (unpaired) electrons. The monoisotopic (exact) mass is 495 g/mol. The molecule has 0 spiro atoms. The summed E-state index contributed by atoms with van der Waals surface area (Å²) >= 11 is 13.0. The van der Waals surface area contributed by atoms with Crippen LogP contribution in [0.3, 0.4) is 0 Å². The highest BCUT2D eigenvalue weighted by Crippen LogP contribution is 2.36. The molecule has 0 saturated carbocycles. The van der Waals surface area contributed by atoms with Gasteiger partial charge in [-0.2, -0.15) is 5.10 Å². The number of para-hydroxylation sites is 1. The largest absolute Gasteiger partial charge is 0.304 e. The van der Waals surface area contributed by atoms with E-state index < -0.39 is 0 Å². The van der Waals surface area contributed by atoms with Gasteiger partial charge in [-0.3, -0.25) is 4.79 Å². The molecule has 9 heteroatoms. The van der Waals surface area contributed by atoms with Crippen molar-refractivity contribution in [2.24, 2.45) is 0 Å². The van der Waals surface area contributed by atoms with E-state index in [9.17, 15) is 4.79 Å². The molecule has 0 unspecified atom stereocenters. The van der Waals surface area contributed by atoms with E-state index in [4.69, 9.17) is 28.9 Å². The molecule has 1 amide bonds. The van der Waals surface area contributed by atoms with E-state index in [1.165, 1.54) is 11.8 Å². The van der Waals surface area contributed by atoms with Crippen molar-refractivity contribution in [2.75, 3.05) is 33.2 Å². The Morgan fingerprint density at radius 3 is 2.42 bits per heavy atom. The fourth-order valence-corrected chi connectivity index (χ4v) is 5.30. The summed E-state index contributed by atoms with van der Waals surface area (Å²) in [6.45, 7) is 3.36. The molecular formula is C24H22ClN5OS2. The summed E-state index contributed by atoms with van der Waals surface area (Å²) in [5.74, 6) is -0.0796. The first-order valence-corrected chi connectivity index (χ1v) is 12.2. The molecule has 2 aliphatic rings. The number of likely N-dealkylation sites (N-methyl/N-ethyl adjacent to an activating group) is 1. The molecule has 0 bridgehead atoms. The number of amides is 1. The topological polar surface area (TPSA) is 44.6 Å². The number of hydrogen-bond acceptors (Lipinski definition) is 6. The van der Waals surface area contributed by atoms with Gasteiger partial charge in [-0.1, -0.05) is 65.9 Å². The lowest BCUT2D eigenvalue weighted by atomic mass is 10.1. The van der Waals surface area contributed by atoms with Crippen LogP contribution in [0.1, 0.15) is 5.56 Å². The minimum absolute atomic E-state index is 0.0796. The molecule has 0 aliphatic carbocycles. The number of rotatable bonds is 4. The molecule has 2 aromatic carbocycles. The van der Waals surface area contributed by atoms with Crippen LogP contribution >= 0.6 is 35.6 Å². The molecule has 0 N–H and O–H groups in total. The van der Waals surface area contributed by atoms with Gasteiger partial charge in [0.2, 0.25) is 0 Å². The van der Waals surface area contributed by atoms with E-state index in [0.717, 1.165) is 48.7 Å². The van der Waals surface area contributed by atoms with Gasteiger partial charge in [-0.15, -0.1) is 0 Å². The van der Waals surface area contributed by atoms with Crippen LogP contribution in [0.15, 0.2) is 65.7 Å². The second-order valence-electron chi connectivity index (χ2n) is 7.97. The van der Waals surface area contributed by atoms with Crippen molar-refractivity contribution in [1.29, 1.82) is 0 Å². The standard InChI is InChI=1S/C24H22ClN5OS2/c1-27-11-13-28(14-12-27)30-23(31)21(33-24(30)32)15-18-16-29(20-5-3-2-4-6-20)26-22(18)17-7-9-19(25)10-8-17/h2-10,15-16H,11-14H2,1H3. The SMILES string of the molecule is CN1CCN(N2C(=O)C(=Cc3cn(-c4ccccc4)nc3-c3ccc(Cl)cc3)SC2=S)CC1. The Morgan fingerprint density at radius 1 is 1.03 bits per heavy atom. The van der Waals surface area contributed by atoms with Gasteiger partial charge in [0.25, 0.3) is 5.91 Å². The van der Waals surface area contributed by atoms with Crippen molar-refractivity contribution in [1.82, 2.24) is 24.7 Å². The molecular weight excluding hydrogens is 474 g/mol. The second kappa shape index (κ2) is 9.40. The van der Waals surface area contributed by atoms with E-state index in [0.29, 0.717) is 14.2 Å². The van der Waals surface area contributed by atoms with Crippen LogP contribution in [0.2, 0.25) is 5.02 Å². The van der Waals surface area contributed by atoms with Crippen molar-refractivity contribution in [3.63, 3.8) is 0 Å². The van der Waals surface area contributed by atoms with Crippen LogP contribution in [0.5, 0.6) is 0 Å². The number of hydrogen-bond donors (Lipinski definition) is 0. The van der Waals surface area contributed by atoms with Crippen LogP contribution in [0.25, 0.3) is 23.0 Å². The molecule has 5 rings (SSSR count). The number of halogens is 1. The van der Waals surface area contributed by atoms with Crippen molar-refractivity contribution in [3.8, 4) is 16.9 Å². The molecule has 3 aromatic rings. The summed E-state index contributed by atoms with van der Waals surface area (Å²) in [4.78, 5) is 16.2. The number of hydrazine groups is 1. The van der Waals surface area contributed by atoms with E-state index in [1.807, 2.05) is 76.6 Å². The van der Waals surface area contributed by atoms with Gasteiger partial charge in [0.1, 0.15) is 0 Å².